The van der Waals surface area contributed by atoms with Crippen molar-refractivity contribution in [3.05, 3.63) is 77.9 Å². The van der Waals surface area contributed by atoms with E-state index >= 15 is 0 Å². The zero-order valence-corrected chi connectivity index (χ0v) is 23.7. The van der Waals surface area contributed by atoms with Gasteiger partial charge in [0.2, 0.25) is 0 Å². The molecule has 2 amide bonds. The minimum atomic E-state index is -0.896. The van der Waals surface area contributed by atoms with Gasteiger partial charge in [0.05, 0.1) is 42.0 Å². The zero-order valence-electron chi connectivity index (χ0n) is 23.7. The summed E-state index contributed by atoms with van der Waals surface area (Å²) in [5.74, 6) is 0.540. The molecule has 3 atom stereocenters. The fourth-order valence-corrected chi connectivity index (χ4v) is 8.57. The molecule has 0 spiro atoms. The molecule has 43 heavy (non-hydrogen) atoms. The molecule has 3 heterocycles. The molecule has 13 heteroatoms. The highest BCUT2D eigenvalue weighted by Crippen LogP contribution is 2.60. The van der Waals surface area contributed by atoms with Crippen molar-refractivity contribution in [1.29, 1.82) is 0 Å². The summed E-state index contributed by atoms with van der Waals surface area (Å²) < 4.78 is 13.0. The summed E-state index contributed by atoms with van der Waals surface area (Å²) in [6.45, 7) is 1.69. The Labute approximate surface area is 245 Å². The van der Waals surface area contributed by atoms with Gasteiger partial charge >= 0.3 is 11.7 Å². The Morgan fingerprint density at radius 3 is 2.42 bits per heavy atom. The van der Waals surface area contributed by atoms with Gasteiger partial charge in [0, 0.05) is 28.5 Å². The molecular formula is C30H32N6O7. The van der Waals surface area contributed by atoms with E-state index in [4.69, 9.17) is 15.0 Å². The highest BCUT2D eigenvalue weighted by Gasteiger charge is 2.51. The smallest absolute Gasteiger partial charge is 0.338 e. The number of azide groups is 1. The van der Waals surface area contributed by atoms with E-state index in [0.717, 1.165) is 41.9 Å². The van der Waals surface area contributed by atoms with E-state index in [9.17, 15) is 24.0 Å². The van der Waals surface area contributed by atoms with Crippen molar-refractivity contribution in [2.45, 2.75) is 70.2 Å². The number of aromatic nitrogens is 2. The van der Waals surface area contributed by atoms with E-state index in [-0.39, 0.29) is 35.1 Å². The van der Waals surface area contributed by atoms with E-state index in [1.807, 2.05) is 0 Å². The Balaban J connectivity index is 1.05. The number of fused-ring (bicyclic) bond motifs is 1. The third-order valence-electron chi connectivity index (χ3n) is 10.1. The predicted molar refractivity (Wildman–Crippen MR) is 150 cm³/mol. The lowest BCUT2D eigenvalue weighted by Gasteiger charge is -2.56. The summed E-state index contributed by atoms with van der Waals surface area (Å²) in [7, 11) is 0. The number of aryl methyl sites for hydroxylation is 1. The lowest BCUT2D eigenvalue weighted by atomic mass is 9.50. The van der Waals surface area contributed by atoms with Crippen LogP contribution in [0.1, 0.15) is 87.8 Å². The third kappa shape index (κ3) is 4.76. The van der Waals surface area contributed by atoms with Crippen molar-refractivity contribution >= 4 is 17.8 Å². The van der Waals surface area contributed by atoms with Crippen LogP contribution in [0.2, 0.25) is 0 Å². The minimum absolute atomic E-state index is 0.0597. The molecule has 4 aliphatic carbocycles. The second kappa shape index (κ2) is 10.2. The Morgan fingerprint density at radius 1 is 1.07 bits per heavy atom. The van der Waals surface area contributed by atoms with Gasteiger partial charge in [0.1, 0.15) is 6.23 Å². The van der Waals surface area contributed by atoms with E-state index in [2.05, 4.69) is 15.0 Å². The SMILES string of the molecule is Cc1cn([C@H]2C[C@H](N=[N+]=[N-])[C@@H](CN3C(=O)c4ccc(C(=O)OCC56CC7CC(CC(C7)C5)C6)cc4C3=O)O2)c(=O)[nH]c1=O. The van der Waals surface area contributed by atoms with Crippen LogP contribution in [0.25, 0.3) is 10.4 Å². The van der Waals surface area contributed by atoms with E-state index in [0.29, 0.717) is 12.2 Å². The molecule has 4 bridgehead atoms. The molecule has 8 rings (SSSR count). The van der Waals surface area contributed by atoms with Crippen molar-refractivity contribution < 1.29 is 23.9 Å². The molecule has 2 aliphatic heterocycles. The molecule has 6 aliphatic rings. The van der Waals surface area contributed by atoms with Gasteiger partial charge in [-0.05, 0) is 86.9 Å². The number of aromatic amines is 1. The molecule has 1 aromatic heterocycles. The molecular weight excluding hydrogens is 556 g/mol. The highest BCUT2D eigenvalue weighted by molar-refractivity contribution is 6.22. The van der Waals surface area contributed by atoms with Crippen LogP contribution in [0.15, 0.2) is 39.1 Å². The average Bonchev–Trinajstić information content (AvgIpc) is 3.46. The van der Waals surface area contributed by atoms with Crippen LogP contribution >= 0.6 is 0 Å². The number of esters is 1. The van der Waals surface area contributed by atoms with Crippen LogP contribution in [-0.4, -0.2) is 57.5 Å². The van der Waals surface area contributed by atoms with Gasteiger partial charge in [0.15, 0.2) is 0 Å². The normalized spacial score (nSPS) is 32.2. The van der Waals surface area contributed by atoms with Crippen molar-refractivity contribution in [2.75, 3.05) is 13.2 Å². The Kier molecular flexibility index (Phi) is 6.55. The molecule has 5 fully saturated rings. The minimum Gasteiger partial charge on any atom is -0.462 e. The average molecular weight is 589 g/mol. The second-order valence-electron chi connectivity index (χ2n) is 13.1. The number of carbonyl (C=O) groups is 3. The molecule has 13 nitrogen and oxygen atoms in total. The first-order chi connectivity index (χ1) is 20.6. The quantitative estimate of drug-likeness (QED) is 0.169. The summed E-state index contributed by atoms with van der Waals surface area (Å²) in [5.41, 5.74) is 8.71. The van der Waals surface area contributed by atoms with Crippen LogP contribution in [0.4, 0.5) is 0 Å². The lowest BCUT2D eigenvalue weighted by molar-refractivity contribution is -0.0848. The van der Waals surface area contributed by atoms with Gasteiger partial charge < -0.3 is 9.47 Å². The molecule has 224 valence electrons. The van der Waals surface area contributed by atoms with Gasteiger partial charge in [-0.3, -0.25) is 28.8 Å². The van der Waals surface area contributed by atoms with Crippen molar-refractivity contribution in [1.82, 2.24) is 14.5 Å². The maximum atomic E-state index is 13.4. The second-order valence-corrected chi connectivity index (χ2v) is 13.1. The number of carbonyl (C=O) groups excluding carboxylic acids is 3. The first kappa shape index (κ1) is 27.6. The topological polar surface area (TPSA) is 177 Å². The number of benzene rings is 1. The Hall–Kier alpha value is -4.22. The molecule has 1 N–H and O–H groups in total. The number of imide groups is 1. The summed E-state index contributed by atoms with van der Waals surface area (Å²) in [4.78, 5) is 70.0. The number of ether oxygens (including phenoxy) is 2. The summed E-state index contributed by atoms with van der Waals surface area (Å²) >= 11 is 0. The summed E-state index contributed by atoms with van der Waals surface area (Å²) in [6.07, 6.45) is 6.89. The number of amides is 2. The zero-order chi connectivity index (χ0) is 30.0. The predicted octanol–water partition coefficient (Wildman–Crippen LogP) is 3.48. The highest BCUT2D eigenvalue weighted by atomic mass is 16.5. The monoisotopic (exact) mass is 588 g/mol. The van der Waals surface area contributed by atoms with Crippen molar-refractivity contribution in [3.63, 3.8) is 0 Å². The number of rotatable bonds is 7. The fourth-order valence-electron chi connectivity index (χ4n) is 8.57. The number of nitrogens with one attached hydrogen (secondary N) is 1. The number of hydrogen-bond acceptors (Lipinski definition) is 8. The van der Waals surface area contributed by atoms with Gasteiger partial charge in [-0.2, -0.15) is 0 Å². The molecule has 1 aromatic carbocycles. The lowest BCUT2D eigenvalue weighted by Crippen LogP contribution is -2.48. The van der Waals surface area contributed by atoms with Crippen LogP contribution in [0.3, 0.4) is 0 Å². The van der Waals surface area contributed by atoms with Crippen LogP contribution in [0, 0.1) is 30.1 Å². The first-order valence-electron chi connectivity index (χ1n) is 14.8. The van der Waals surface area contributed by atoms with Gasteiger partial charge in [0.25, 0.3) is 17.4 Å². The fraction of sp³-hybridized carbons (Fsp3) is 0.567. The maximum absolute atomic E-state index is 13.4. The summed E-state index contributed by atoms with van der Waals surface area (Å²) in [6, 6.07) is 3.59. The molecule has 1 saturated heterocycles. The summed E-state index contributed by atoms with van der Waals surface area (Å²) in [5, 5.41) is 3.77. The largest absolute Gasteiger partial charge is 0.462 e. The molecule has 4 saturated carbocycles. The van der Waals surface area contributed by atoms with Gasteiger partial charge in [-0.1, -0.05) is 5.11 Å². The van der Waals surface area contributed by atoms with E-state index < -0.39 is 47.4 Å². The number of nitrogens with zero attached hydrogens (tertiary/aromatic N) is 5. The molecule has 0 unspecified atom stereocenters. The maximum Gasteiger partial charge on any atom is 0.338 e. The van der Waals surface area contributed by atoms with Crippen molar-refractivity contribution in [3.8, 4) is 0 Å². The van der Waals surface area contributed by atoms with E-state index in [1.165, 1.54) is 55.1 Å². The van der Waals surface area contributed by atoms with E-state index in [1.54, 1.807) is 0 Å². The standard InChI is InChI=1S/C30H32N6O7/c1-15-12-35(29(41)32-25(15)37)24-8-22(33-34-31)23(43-24)13-36-26(38)20-3-2-19(7-21(20)27(36)39)28(40)42-14-30-9-16-4-17(10-30)6-18(5-16)11-30/h2-3,7,12,16-18,22-24H,4-6,8-11,13-14H2,1H3,(H,32,37,41)/t16?,17?,18?,22-,23+,24+,30?/m0/s1. The number of H-pyrrole nitrogens is 1. The first-order valence-corrected chi connectivity index (χ1v) is 14.8. The van der Waals surface area contributed by atoms with Crippen LogP contribution in [-0.2, 0) is 9.47 Å². The van der Waals surface area contributed by atoms with Gasteiger partial charge in [-0.25, -0.2) is 9.59 Å². The third-order valence-corrected chi connectivity index (χ3v) is 10.1. The Bertz CT molecular complexity index is 1670. The molecule has 2 aromatic rings. The Morgan fingerprint density at radius 2 is 1.74 bits per heavy atom. The molecule has 0 radical (unpaired) electrons. The van der Waals surface area contributed by atoms with Crippen molar-refractivity contribution in [2.24, 2.45) is 28.3 Å². The van der Waals surface area contributed by atoms with Crippen LogP contribution in [0.5, 0.6) is 0 Å². The van der Waals surface area contributed by atoms with Gasteiger partial charge in [-0.15, -0.1) is 0 Å². The van der Waals surface area contributed by atoms with Crippen LogP contribution < -0.4 is 11.2 Å². The number of hydrogen-bond donors (Lipinski definition) is 1.